The minimum atomic E-state index is -3.78. The second-order valence-corrected chi connectivity index (χ2v) is 6.76. The number of hydrogen-bond acceptors (Lipinski definition) is 4. The summed E-state index contributed by atoms with van der Waals surface area (Å²) in [6.45, 7) is 5.53. The molecule has 15 heavy (non-hydrogen) atoms. The molecule has 7 heteroatoms. The molecule has 0 saturated carbocycles. The van der Waals surface area contributed by atoms with Gasteiger partial charge in [-0.1, -0.05) is 0 Å². The molecule has 0 fully saturated rings. The van der Waals surface area contributed by atoms with Gasteiger partial charge in [-0.05, 0) is 27.7 Å². The van der Waals surface area contributed by atoms with Gasteiger partial charge in [-0.3, -0.25) is 4.79 Å². The Morgan fingerprint density at radius 2 is 1.73 bits per heavy atom. The van der Waals surface area contributed by atoms with Crippen LogP contribution in [0.4, 0.5) is 0 Å². The van der Waals surface area contributed by atoms with Crippen LogP contribution in [0.5, 0.6) is 0 Å². The first-order chi connectivity index (χ1) is 6.49. The largest absolute Gasteiger partial charge is 0.480 e. The second kappa shape index (κ2) is 4.46. The van der Waals surface area contributed by atoms with Crippen LogP contribution in [0.1, 0.15) is 27.7 Å². The summed E-state index contributed by atoms with van der Waals surface area (Å²) in [6, 6.07) is -1.52. The van der Waals surface area contributed by atoms with Crippen LogP contribution in [-0.4, -0.2) is 41.5 Å². The molecule has 0 radical (unpaired) electrons. The van der Waals surface area contributed by atoms with Gasteiger partial charge < -0.3 is 10.2 Å². The minimum absolute atomic E-state index is 1.12. The number of aliphatic carboxylic acids is 1. The maximum absolute atomic E-state index is 11.6. The molecule has 2 unspecified atom stereocenters. The van der Waals surface area contributed by atoms with Gasteiger partial charge in [0.15, 0.2) is 0 Å². The Hall–Kier alpha value is -0.660. The van der Waals surface area contributed by atoms with E-state index in [4.69, 9.17) is 10.2 Å². The molecule has 0 aliphatic rings. The van der Waals surface area contributed by atoms with Crippen molar-refractivity contribution < 1.29 is 23.4 Å². The van der Waals surface area contributed by atoms with E-state index in [0.717, 1.165) is 0 Å². The Balaban J connectivity index is 4.93. The zero-order valence-electron chi connectivity index (χ0n) is 9.18. The molecule has 3 N–H and O–H groups in total. The molecule has 0 aromatic heterocycles. The summed E-state index contributed by atoms with van der Waals surface area (Å²) < 4.78 is 24.0. The third-order valence-corrected chi connectivity index (χ3v) is 4.01. The number of sulfonamides is 1. The number of hydrogen-bond donors (Lipinski definition) is 3. The fourth-order valence-electron chi connectivity index (χ4n) is 0.699. The lowest BCUT2D eigenvalue weighted by Crippen LogP contribution is -2.52. The third kappa shape index (κ3) is 3.77. The van der Waals surface area contributed by atoms with Crippen molar-refractivity contribution in [3.63, 3.8) is 0 Å². The minimum Gasteiger partial charge on any atom is -0.480 e. The number of rotatable bonds is 4. The van der Waals surface area contributed by atoms with Crippen LogP contribution in [0.25, 0.3) is 0 Å². The van der Waals surface area contributed by atoms with E-state index in [1.807, 2.05) is 4.72 Å². The normalized spacial score (nSPS) is 17.1. The zero-order valence-corrected chi connectivity index (χ0v) is 10.00. The average molecular weight is 239 g/mol. The zero-order chi connectivity index (χ0) is 12.4. The summed E-state index contributed by atoms with van der Waals surface area (Å²) in [6.07, 6.45) is -1.29. The molecule has 0 spiro atoms. The molecule has 0 aliphatic heterocycles. The Labute approximate surface area is 89.4 Å². The van der Waals surface area contributed by atoms with Crippen molar-refractivity contribution in [2.75, 3.05) is 0 Å². The van der Waals surface area contributed by atoms with Crippen LogP contribution >= 0.6 is 0 Å². The maximum Gasteiger partial charge on any atom is 0.324 e. The molecule has 2 atom stereocenters. The second-order valence-electron chi connectivity index (χ2n) is 4.29. The maximum atomic E-state index is 11.6. The number of nitrogens with one attached hydrogen (secondary N) is 1. The highest BCUT2D eigenvalue weighted by Gasteiger charge is 2.35. The Kier molecular flexibility index (Phi) is 4.26. The van der Waals surface area contributed by atoms with Gasteiger partial charge in [-0.15, -0.1) is 0 Å². The number of carboxylic acids is 1. The van der Waals surface area contributed by atoms with Crippen LogP contribution in [0.3, 0.4) is 0 Å². The van der Waals surface area contributed by atoms with Crippen LogP contribution in [0.15, 0.2) is 0 Å². The Morgan fingerprint density at radius 1 is 1.33 bits per heavy atom. The highest BCUT2D eigenvalue weighted by molar-refractivity contribution is 7.90. The van der Waals surface area contributed by atoms with Gasteiger partial charge in [-0.2, -0.15) is 4.72 Å². The van der Waals surface area contributed by atoms with Gasteiger partial charge in [0.1, 0.15) is 6.04 Å². The van der Waals surface area contributed by atoms with Gasteiger partial charge in [0.25, 0.3) is 0 Å². The first-order valence-corrected chi connectivity index (χ1v) is 5.90. The summed E-state index contributed by atoms with van der Waals surface area (Å²) in [4.78, 5) is 10.7. The highest BCUT2D eigenvalue weighted by atomic mass is 32.2. The van der Waals surface area contributed by atoms with Gasteiger partial charge in [0, 0.05) is 0 Å². The molecule has 0 aliphatic carbocycles. The fraction of sp³-hybridized carbons (Fsp3) is 0.875. The van der Waals surface area contributed by atoms with Crippen LogP contribution in [-0.2, 0) is 14.8 Å². The van der Waals surface area contributed by atoms with E-state index >= 15 is 0 Å². The molecule has 0 rings (SSSR count). The Bertz CT molecular complexity index is 327. The summed E-state index contributed by atoms with van der Waals surface area (Å²) in [7, 11) is -3.78. The smallest absolute Gasteiger partial charge is 0.324 e. The number of carboxylic acid groups (broad SMARTS) is 1. The van der Waals surface area contributed by atoms with Crippen molar-refractivity contribution in [2.45, 2.75) is 44.6 Å². The standard InChI is InChI=1S/C8H17NO5S/c1-5(10)6(7(11)12)9-15(13,14)8(2,3)4/h5-6,9-10H,1-4H3,(H,11,12). The first kappa shape index (κ1) is 14.3. The highest BCUT2D eigenvalue weighted by Crippen LogP contribution is 2.14. The van der Waals surface area contributed by atoms with Crippen LogP contribution in [0.2, 0.25) is 0 Å². The molecule has 6 nitrogen and oxygen atoms in total. The van der Waals surface area contributed by atoms with E-state index in [2.05, 4.69) is 0 Å². The first-order valence-electron chi connectivity index (χ1n) is 4.42. The monoisotopic (exact) mass is 239 g/mol. The van der Waals surface area contributed by atoms with Gasteiger partial charge >= 0.3 is 5.97 Å². The van der Waals surface area contributed by atoms with Crippen LogP contribution in [0, 0.1) is 0 Å². The van der Waals surface area contributed by atoms with Crippen molar-refractivity contribution in [1.82, 2.24) is 4.72 Å². The summed E-state index contributed by atoms with van der Waals surface area (Å²) >= 11 is 0. The average Bonchev–Trinajstić information content (AvgIpc) is 1.96. The molecule has 90 valence electrons. The lowest BCUT2D eigenvalue weighted by Gasteiger charge is -2.24. The number of carbonyl (C=O) groups is 1. The Morgan fingerprint density at radius 3 is 1.93 bits per heavy atom. The lowest BCUT2D eigenvalue weighted by molar-refractivity contribution is -0.141. The van der Waals surface area contributed by atoms with E-state index in [1.165, 1.54) is 27.7 Å². The summed E-state index contributed by atoms with van der Waals surface area (Å²) in [5.41, 5.74) is 0. The molecule has 0 amide bonds. The van der Waals surface area contributed by atoms with Crippen molar-refractivity contribution in [3.05, 3.63) is 0 Å². The molecule has 0 aromatic rings. The predicted octanol–water partition coefficient (Wildman–Crippen LogP) is -0.462. The SMILES string of the molecule is CC(O)C(NS(=O)(=O)C(C)(C)C)C(=O)O. The van der Waals surface area contributed by atoms with Crippen molar-refractivity contribution >= 4 is 16.0 Å². The van der Waals surface area contributed by atoms with Crippen molar-refractivity contribution in [3.8, 4) is 0 Å². The molecule has 0 bridgehead atoms. The summed E-state index contributed by atoms with van der Waals surface area (Å²) in [5.74, 6) is -1.40. The van der Waals surface area contributed by atoms with E-state index in [9.17, 15) is 13.2 Å². The quantitative estimate of drug-likeness (QED) is 0.615. The summed E-state index contributed by atoms with van der Waals surface area (Å²) in [5, 5.41) is 17.8. The number of aliphatic hydroxyl groups excluding tert-OH is 1. The van der Waals surface area contributed by atoms with E-state index in [0.29, 0.717) is 0 Å². The van der Waals surface area contributed by atoms with Crippen molar-refractivity contribution in [2.24, 2.45) is 0 Å². The van der Waals surface area contributed by atoms with E-state index in [-0.39, 0.29) is 0 Å². The van der Waals surface area contributed by atoms with Gasteiger partial charge in [0.05, 0.1) is 10.9 Å². The topological polar surface area (TPSA) is 104 Å². The number of aliphatic hydroxyl groups is 1. The van der Waals surface area contributed by atoms with E-state index < -0.39 is 32.9 Å². The van der Waals surface area contributed by atoms with Crippen LogP contribution < -0.4 is 4.72 Å². The molecule has 0 aromatic carbocycles. The fourth-order valence-corrected chi connectivity index (χ4v) is 1.68. The molecule has 0 saturated heterocycles. The van der Waals surface area contributed by atoms with Gasteiger partial charge in [0.2, 0.25) is 10.0 Å². The molecule has 0 heterocycles. The molecular formula is C8H17NO5S. The predicted molar refractivity (Wildman–Crippen MR) is 54.9 cm³/mol. The third-order valence-electron chi connectivity index (χ3n) is 1.84. The molecular weight excluding hydrogens is 222 g/mol. The van der Waals surface area contributed by atoms with Gasteiger partial charge in [-0.25, -0.2) is 8.42 Å². The van der Waals surface area contributed by atoms with Crippen molar-refractivity contribution in [1.29, 1.82) is 0 Å². The van der Waals surface area contributed by atoms with E-state index in [1.54, 1.807) is 0 Å². The lowest BCUT2D eigenvalue weighted by atomic mass is 10.2.